The highest BCUT2D eigenvalue weighted by molar-refractivity contribution is 7.90. The molecule has 0 amide bonds. The topological polar surface area (TPSA) is 119 Å². The Kier molecular flexibility index (Phi) is 6.08. The highest BCUT2D eigenvalue weighted by Crippen LogP contribution is 2.32. The lowest BCUT2D eigenvalue weighted by Crippen LogP contribution is -2.30. The molecule has 0 aliphatic carbocycles. The lowest BCUT2D eigenvalue weighted by molar-refractivity contribution is -0.384. The molecule has 9 nitrogen and oxygen atoms in total. The number of benzene rings is 3. The zero-order valence-corrected chi connectivity index (χ0v) is 20.1. The zero-order chi connectivity index (χ0) is 25.3. The number of anilines is 1. The Labute approximate surface area is 210 Å². The summed E-state index contributed by atoms with van der Waals surface area (Å²) >= 11 is 1.53. The Bertz CT molecular complexity index is 1600. The lowest BCUT2D eigenvalue weighted by atomic mass is 10.1. The zero-order valence-electron chi connectivity index (χ0n) is 18.5. The average Bonchev–Trinajstić information content (AvgIpc) is 3.49. The first-order valence-corrected chi connectivity index (χ1v) is 12.9. The summed E-state index contributed by atoms with van der Waals surface area (Å²) in [6.07, 6.45) is 0. The fourth-order valence-corrected chi connectivity index (χ4v) is 5.64. The van der Waals surface area contributed by atoms with Crippen LogP contribution in [-0.4, -0.2) is 25.1 Å². The van der Waals surface area contributed by atoms with Gasteiger partial charge in [-0.1, -0.05) is 24.3 Å². The number of carbonyl (C=O) groups excluding carboxylic acids is 1. The fourth-order valence-electron chi connectivity index (χ4n) is 3.74. The summed E-state index contributed by atoms with van der Waals surface area (Å²) in [5.41, 5.74) is 0.991. The molecular formula is C25H17N3O6S2. The molecule has 1 aliphatic rings. The second kappa shape index (κ2) is 9.36. The van der Waals surface area contributed by atoms with E-state index >= 15 is 0 Å². The molecule has 0 spiro atoms. The molecule has 2 heterocycles. The van der Waals surface area contributed by atoms with E-state index in [2.05, 4.69) is 4.40 Å². The number of fused-ring (bicyclic) bond motifs is 1. The van der Waals surface area contributed by atoms with Crippen molar-refractivity contribution in [1.29, 1.82) is 0 Å². The second-order valence-electron chi connectivity index (χ2n) is 7.74. The van der Waals surface area contributed by atoms with Gasteiger partial charge in [0.25, 0.3) is 15.7 Å². The third-order valence-electron chi connectivity index (χ3n) is 5.41. The van der Waals surface area contributed by atoms with E-state index < -0.39 is 20.9 Å². The SMILES string of the molecule is O=C(Oc1ccc(N(Cc2cccs2)C2=NS(=O)(=O)c3ccccc32)cc1)c1cccc([N+](=O)[O-])c1. The molecule has 0 radical (unpaired) electrons. The van der Waals surface area contributed by atoms with E-state index in [-0.39, 0.29) is 21.9 Å². The van der Waals surface area contributed by atoms with Gasteiger partial charge < -0.3 is 9.64 Å². The number of amidine groups is 1. The van der Waals surface area contributed by atoms with Gasteiger partial charge in [0.1, 0.15) is 10.6 Å². The molecule has 0 atom stereocenters. The van der Waals surface area contributed by atoms with E-state index in [4.69, 9.17) is 4.74 Å². The van der Waals surface area contributed by atoms with Crippen LogP contribution in [0.3, 0.4) is 0 Å². The molecule has 36 heavy (non-hydrogen) atoms. The Hall–Kier alpha value is -4.35. The number of thiophene rings is 1. The fraction of sp³-hybridized carbons (Fsp3) is 0.0400. The standard InChI is InChI=1S/C25H17N3O6S2/c29-25(17-5-3-6-19(15-17)28(30)31)34-20-12-10-18(11-13-20)27(16-21-7-4-14-35-21)24-22-8-1-2-9-23(22)36(32,33)26-24/h1-15H,16H2. The summed E-state index contributed by atoms with van der Waals surface area (Å²) in [6.45, 7) is 0.382. The Morgan fingerprint density at radius 3 is 2.50 bits per heavy atom. The van der Waals surface area contributed by atoms with Gasteiger partial charge in [0, 0.05) is 28.3 Å². The van der Waals surface area contributed by atoms with E-state index in [1.165, 1.54) is 35.6 Å². The Morgan fingerprint density at radius 1 is 1.00 bits per heavy atom. The molecular weight excluding hydrogens is 502 g/mol. The van der Waals surface area contributed by atoms with Gasteiger partial charge in [-0.25, -0.2) is 4.79 Å². The van der Waals surface area contributed by atoms with Crippen molar-refractivity contribution in [3.8, 4) is 5.75 Å². The smallest absolute Gasteiger partial charge is 0.343 e. The first-order valence-electron chi connectivity index (χ1n) is 10.6. The minimum atomic E-state index is -3.82. The van der Waals surface area contributed by atoms with Gasteiger partial charge in [-0.05, 0) is 53.9 Å². The molecule has 5 rings (SSSR count). The molecule has 1 aliphatic heterocycles. The summed E-state index contributed by atoms with van der Waals surface area (Å²) in [5.74, 6) is -0.199. The summed E-state index contributed by atoms with van der Waals surface area (Å²) in [4.78, 5) is 25.8. The number of ether oxygens (including phenoxy) is 1. The monoisotopic (exact) mass is 519 g/mol. The maximum atomic E-state index is 12.7. The van der Waals surface area contributed by atoms with Gasteiger partial charge in [0.05, 0.1) is 17.0 Å². The van der Waals surface area contributed by atoms with Crippen LogP contribution in [0, 0.1) is 10.1 Å². The Morgan fingerprint density at radius 2 is 1.78 bits per heavy atom. The molecule has 0 bridgehead atoms. The van der Waals surface area contributed by atoms with Crippen LogP contribution in [0.4, 0.5) is 11.4 Å². The first kappa shape index (κ1) is 23.4. The minimum Gasteiger partial charge on any atom is -0.423 e. The van der Waals surface area contributed by atoms with Crippen LogP contribution in [0.15, 0.2) is 99.6 Å². The summed E-state index contributed by atoms with van der Waals surface area (Å²) in [6, 6.07) is 22.3. The number of sulfonamides is 1. The van der Waals surface area contributed by atoms with E-state index in [9.17, 15) is 23.3 Å². The van der Waals surface area contributed by atoms with E-state index in [0.29, 0.717) is 23.6 Å². The van der Waals surface area contributed by atoms with Crippen molar-refractivity contribution in [3.05, 3.63) is 116 Å². The van der Waals surface area contributed by atoms with Gasteiger partial charge in [-0.2, -0.15) is 8.42 Å². The number of carbonyl (C=O) groups is 1. The third-order valence-corrected chi connectivity index (χ3v) is 7.60. The van der Waals surface area contributed by atoms with E-state index in [1.54, 1.807) is 47.4 Å². The summed E-state index contributed by atoms with van der Waals surface area (Å²) in [5, 5.41) is 12.9. The Balaban J connectivity index is 1.44. The number of nitro groups is 1. The van der Waals surface area contributed by atoms with Crippen molar-refractivity contribution >= 4 is 44.5 Å². The molecule has 11 heteroatoms. The average molecular weight is 520 g/mol. The number of esters is 1. The quantitative estimate of drug-likeness (QED) is 0.152. The van der Waals surface area contributed by atoms with Gasteiger partial charge >= 0.3 is 5.97 Å². The lowest BCUT2D eigenvalue weighted by Gasteiger charge is -2.24. The number of non-ortho nitro benzene ring substituents is 1. The van der Waals surface area contributed by atoms with Gasteiger partial charge in [-0.15, -0.1) is 15.7 Å². The summed E-state index contributed by atoms with van der Waals surface area (Å²) < 4.78 is 34.8. The molecule has 0 N–H and O–H groups in total. The van der Waals surface area contributed by atoms with Crippen LogP contribution in [0.1, 0.15) is 20.8 Å². The highest BCUT2D eigenvalue weighted by atomic mass is 32.2. The van der Waals surface area contributed by atoms with Crippen LogP contribution in [0.2, 0.25) is 0 Å². The predicted molar refractivity (Wildman–Crippen MR) is 135 cm³/mol. The molecule has 3 aromatic carbocycles. The van der Waals surface area contributed by atoms with Crippen molar-refractivity contribution in [1.82, 2.24) is 0 Å². The van der Waals surface area contributed by atoms with Crippen molar-refractivity contribution in [2.75, 3.05) is 4.90 Å². The first-order chi connectivity index (χ1) is 17.3. The molecule has 4 aromatic rings. The highest BCUT2D eigenvalue weighted by Gasteiger charge is 2.32. The maximum absolute atomic E-state index is 12.7. The summed E-state index contributed by atoms with van der Waals surface area (Å²) in [7, 11) is -3.82. The predicted octanol–water partition coefficient (Wildman–Crippen LogP) is 5.03. The van der Waals surface area contributed by atoms with Crippen molar-refractivity contribution in [3.63, 3.8) is 0 Å². The van der Waals surface area contributed by atoms with Crippen LogP contribution in [0.25, 0.3) is 0 Å². The van der Waals surface area contributed by atoms with Crippen LogP contribution >= 0.6 is 11.3 Å². The van der Waals surface area contributed by atoms with Crippen LogP contribution < -0.4 is 9.64 Å². The number of rotatable bonds is 6. The number of nitro benzene ring substituents is 1. The van der Waals surface area contributed by atoms with Crippen LogP contribution in [0.5, 0.6) is 5.75 Å². The molecule has 0 saturated heterocycles. The number of hydrogen-bond donors (Lipinski definition) is 0. The van der Waals surface area contributed by atoms with Crippen molar-refractivity contribution < 1.29 is 22.9 Å². The van der Waals surface area contributed by atoms with Crippen molar-refractivity contribution in [2.24, 2.45) is 4.40 Å². The van der Waals surface area contributed by atoms with Gasteiger partial charge in [0.15, 0.2) is 5.84 Å². The molecule has 0 saturated carbocycles. The molecule has 1 aromatic heterocycles. The largest absolute Gasteiger partial charge is 0.423 e. The molecule has 0 fully saturated rings. The van der Waals surface area contributed by atoms with Gasteiger partial charge in [-0.3, -0.25) is 10.1 Å². The number of hydrogen-bond acceptors (Lipinski definition) is 8. The van der Waals surface area contributed by atoms with Crippen molar-refractivity contribution in [2.45, 2.75) is 11.4 Å². The van der Waals surface area contributed by atoms with E-state index in [0.717, 1.165) is 10.9 Å². The van der Waals surface area contributed by atoms with Crippen LogP contribution in [-0.2, 0) is 16.6 Å². The third kappa shape index (κ3) is 4.61. The normalized spacial score (nSPS) is 13.5. The van der Waals surface area contributed by atoms with Gasteiger partial charge in [0.2, 0.25) is 0 Å². The molecule has 0 unspecified atom stereocenters. The maximum Gasteiger partial charge on any atom is 0.343 e. The number of nitrogens with zero attached hydrogens (tertiary/aromatic N) is 3. The molecule has 180 valence electrons. The minimum absolute atomic E-state index is 0.0507. The van der Waals surface area contributed by atoms with E-state index in [1.807, 2.05) is 17.5 Å². The second-order valence-corrected chi connectivity index (χ2v) is 10.3.